The number of aliphatic imine (C=N–C) groups is 1. The summed E-state index contributed by atoms with van der Waals surface area (Å²) >= 11 is 0. The van der Waals surface area contributed by atoms with E-state index in [4.69, 9.17) is 4.74 Å². The van der Waals surface area contributed by atoms with Crippen LogP contribution in [-0.2, 0) is 14.8 Å². The van der Waals surface area contributed by atoms with E-state index in [9.17, 15) is 21.6 Å². The standard InChI is InChI=1S/C16H27F3N4O3S.HI/c1-20-15(21-7-2-13-5-10-26-11-6-13)22-12-14-3-8-23(9-4-14)27(24,25)16(17,18)19;/h5,14H,2-4,6-12H2,1H3,(H2,20,21,22);1H. The predicted molar refractivity (Wildman–Crippen MR) is 112 cm³/mol. The largest absolute Gasteiger partial charge is 0.511 e. The molecule has 0 aromatic rings. The highest BCUT2D eigenvalue weighted by Crippen LogP contribution is 2.30. The van der Waals surface area contributed by atoms with Crippen molar-refractivity contribution in [3.8, 4) is 0 Å². The van der Waals surface area contributed by atoms with Crippen molar-refractivity contribution in [1.29, 1.82) is 0 Å². The van der Waals surface area contributed by atoms with E-state index in [0.717, 1.165) is 26.0 Å². The van der Waals surface area contributed by atoms with Gasteiger partial charge in [-0.25, -0.2) is 8.42 Å². The van der Waals surface area contributed by atoms with Gasteiger partial charge in [-0.05, 0) is 31.6 Å². The molecule has 0 atom stereocenters. The van der Waals surface area contributed by atoms with Gasteiger partial charge in [0.25, 0.3) is 0 Å². The molecule has 28 heavy (non-hydrogen) atoms. The van der Waals surface area contributed by atoms with E-state index in [1.165, 1.54) is 5.57 Å². The molecule has 2 heterocycles. The quantitative estimate of drug-likeness (QED) is 0.234. The van der Waals surface area contributed by atoms with Crippen molar-refractivity contribution < 1.29 is 26.3 Å². The molecule has 0 spiro atoms. The summed E-state index contributed by atoms with van der Waals surface area (Å²) in [4.78, 5) is 4.14. The van der Waals surface area contributed by atoms with Gasteiger partial charge in [0.05, 0.1) is 13.2 Å². The molecule has 164 valence electrons. The highest BCUT2D eigenvalue weighted by atomic mass is 127. The normalized spacial score (nSPS) is 20.3. The van der Waals surface area contributed by atoms with Crippen molar-refractivity contribution >= 4 is 40.0 Å². The van der Waals surface area contributed by atoms with E-state index in [0.29, 0.717) is 36.3 Å². The number of rotatable bonds is 6. The molecule has 1 fully saturated rings. The van der Waals surface area contributed by atoms with Crippen molar-refractivity contribution in [3.05, 3.63) is 11.6 Å². The summed E-state index contributed by atoms with van der Waals surface area (Å²) in [5.74, 6) is 0.731. The number of piperidine rings is 1. The van der Waals surface area contributed by atoms with Gasteiger partial charge in [0.1, 0.15) is 0 Å². The van der Waals surface area contributed by atoms with Gasteiger partial charge < -0.3 is 15.4 Å². The average molecular weight is 540 g/mol. The molecule has 0 unspecified atom stereocenters. The Morgan fingerprint density at radius 1 is 1.32 bits per heavy atom. The maximum absolute atomic E-state index is 12.6. The Bertz CT molecular complexity index is 648. The minimum absolute atomic E-state index is 0. The van der Waals surface area contributed by atoms with Crippen molar-refractivity contribution in [3.63, 3.8) is 0 Å². The van der Waals surface area contributed by atoms with Crippen LogP contribution in [0.4, 0.5) is 13.2 Å². The Morgan fingerprint density at radius 3 is 2.54 bits per heavy atom. The van der Waals surface area contributed by atoms with E-state index < -0.39 is 15.5 Å². The van der Waals surface area contributed by atoms with Gasteiger partial charge >= 0.3 is 15.5 Å². The lowest BCUT2D eigenvalue weighted by Crippen LogP contribution is -2.47. The number of hydrogen-bond acceptors (Lipinski definition) is 4. The van der Waals surface area contributed by atoms with Crippen molar-refractivity contribution in [2.24, 2.45) is 10.9 Å². The molecule has 0 saturated carbocycles. The number of nitrogens with zero attached hydrogens (tertiary/aromatic N) is 2. The molecule has 2 aliphatic rings. The number of guanidine groups is 1. The van der Waals surface area contributed by atoms with Gasteiger partial charge in [0.15, 0.2) is 5.96 Å². The Hall–Kier alpha value is -0.600. The molecule has 0 aromatic heterocycles. The zero-order valence-corrected chi connectivity index (χ0v) is 18.9. The molecule has 0 radical (unpaired) electrons. The van der Waals surface area contributed by atoms with E-state index in [1.54, 1.807) is 7.05 Å². The second-order valence-corrected chi connectivity index (χ2v) is 8.54. The van der Waals surface area contributed by atoms with E-state index in [2.05, 4.69) is 21.7 Å². The lowest BCUT2D eigenvalue weighted by Gasteiger charge is -2.31. The number of hydrogen-bond donors (Lipinski definition) is 2. The first-order valence-electron chi connectivity index (χ1n) is 9.00. The first-order chi connectivity index (χ1) is 12.7. The smallest absolute Gasteiger partial charge is 0.377 e. The van der Waals surface area contributed by atoms with E-state index >= 15 is 0 Å². The van der Waals surface area contributed by atoms with Crippen molar-refractivity contribution in [1.82, 2.24) is 14.9 Å². The fourth-order valence-corrected chi connectivity index (χ4v) is 4.08. The summed E-state index contributed by atoms with van der Waals surface area (Å²) in [5.41, 5.74) is -3.88. The zero-order chi connectivity index (χ0) is 19.9. The van der Waals surface area contributed by atoms with Gasteiger partial charge in [0.2, 0.25) is 0 Å². The molecule has 0 aliphatic carbocycles. The predicted octanol–water partition coefficient (Wildman–Crippen LogP) is 2.07. The molecule has 2 aliphatic heterocycles. The van der Waals surface area contributed by atoms with Crippen LogP contribution in [0.15, 0.2) is 16.6 Å². The first-order valence-corrected chi connectivity index (χ1v) is 10.4. The minimum Gasteiger partial charge on any atom is -0.377 e. The SMILES string of the molecule is CN=C(NCCC1=CCOCC1)NCC1CCN(S(=O)(=O)C(F)(F)F)CC1.I. The summed E-state index contributed by atoms with van der Waals surface area (Å²) in [7, 11) is -3.56. The number of alkyl halides is 3. The van der Waals surface area contributed by atoms with Crippen LogP contribution >= 0.6 is 24.0 Å². The number of sulfonamides is 1. The number of ether oxygens (including phenoxy) is 1. The van der Waals surface area contributed by atoms with Crippen LogP contribution in [0.25, 0.3) is 0 Å². The Balaban J connectivity index is 0.00000392. The van der Waals surface area contributed by atoms with Gasteiger partial charge in [-0.2, -0.15) is 17.5 Å². The molecular formula is C16H28F3IN4O3S. The number of nitrogens with one attached hydrogen (secondary N) is 2. The number of halogens is 4. The van der Waals surface area contributed by atoms with Crippen LogP contribution in [0, 0.1) is 5.92 Å². The summed E-state index contributed by atoms with van der Waals surface area (Å²) in [6, 6.07) is 0. The molecule has 2 rings (SSSR count). The molecule has 2 N–H and O–H groups in total. The second kappa shape index (κ2) is 11.6. The van der Waals surface area contributed by atoms with Gasteiger partial charge in [-0.15, -0.1) is 24.0 Å². The Kier molecular flexibility index (Phi) is 10.5. The minimum atomic E-state index is -5.23. The van der Waals surface area contributed by atoms with E-state index in [-0.39, 0.29) is 43.0 Å². The topological polar surface area (TPSA) is 83.0 Å². The summed E-state index contributed by atoms with van der Waals surface area (Å²) < 4.78 is 66.4. The van der Waals surface area contributed by atoms with Crippen LogP contribution < -0.4 is 10.6 Å². The third-order valence-electron chi connectivity index (χ3n) is 4.78. The van der Waals surface area contributed by atoms with Crippen LogP contribution in [0.2, 0.25) is 0 Å². The Labute approximate surface area is 181 Å². The molecule has 12 heteroatoms. The monoisotopic (exact) mass is 540 g/mol. The molecule has 0 aromatic carbocycles. The second-order valence-electron chi connectivity index (χ2n) is 6.61. The highest BCUT2D eigenvalue weighted by Gasteiger charge is 2.50. The third kappa shape index (κ3) is 7.34. The summed E-state index contributed by atoms with van der Waals surface area (Å²) in [6.07, 6.45) is 4.69. The fourth-order valence-electron chi connectivity index (χ4n) is 3.10. The van der Waals surface area contributed by atoms with Gasteiger partial charge in [0, 0.05) is 33.2 Å². The molecule has 0 bridgehead atoms. The molecule has 0 amide bonds. The maximum Gasteiger partial charge on any atom is 0.511 e. The zero-order valence-electron chi connectivity index (χ0n) is 15.8. The third-order valence-corrected chi connectivity index (χ3v) is 6.41. The average Bonchev–Trinajstić information content (AvgIpc) is 2.65. The molecular weight excluding hydrogens is 512 g/mol. The highest BCUT2D eigenvalue weighted by molar-refractivity contribution is 14.0. The fraction of sp³-hybridized carbons (Fsp3) is 0.812. The van der Waals surface area contributed by atoms with Crippen LogP contribution in [0.5, 0.6) is 0 Å². The maximum atomic E-state index is 12.6. The van der Waals surface area contributed by atoms with Crippen molar-refractivity contribution in [2.45, 2.75) is 31.2 Å². The first kappa shape index (κ1) is 25.4. The van der Waals surface area contributed by atoms with Crippen LogP contribution in [0.3, 0.4) is 0 Å². The lowest BCUT2D eigenvalue weighted by molar-refractivity contribution is -0.0496. The molecule has 7 nitrogen and oxygen atoms in total. The van der Waals surface area contributed by atoms with Crippen LogP contribution in [-0.4, -0.2) is 70.6 Å². The van der Waals surface area contributed by atoms with Gasteiger partial charge in [-0.1, -0.05) is 11.6 Å². The van der Waals surface area contributed by atoms with Crippen LogP contribution in [0.1, 0.15) is 25.7 Å². The summed E-state index contributed by atoms with van der Waals surface area (Å²) in [5, 5.41) is 6.38. The van der Waals surface area contributed by atoms with E-state index in [1.807, 2.05) is 0 Å². The summed E-state index contributed by atoms with van der Waals surface area (Å²) in [6.45, 7) is 2.45. The lowest BCUT2D eigenvalue weighted by atomic mass is 9.98. The van der Waals surface area contributed by atoms with Crippen molar-refractivity contribution in [2.75, 3.05) is 46.4 Å². The van der Waals surface area contributed by atoms with Gasteiger partial charge in [-0.3, -0.25) is 4.99 Å². The Morgan fingerprint density at radius 2 is 2.00 bits per heavy atom. The molecule has 1 saturated heterocycles.